The van der Waals surface area contributed by atoms with E-state index in [0.717, 1.165) is 24.0 Å². The molecular formula is C16H16ClNO3. The summed E-state index contributed by atoms with van der Waals surface area (Å²) in [6.45, 7) is 0. The first-order chi connectivity index (χ1) is 10.2. The number of ether oxygens (including phenoxy) is 1. The molecule has 110 valence electrons. The van der Waals surface area contributed by atoms with Gasteiger partial charge in [0.2, 0.25) is 0 Å². The van der Waals surface area contributed by atoms with Gasteiger partial charge < -0.3 is 14.5 Å². The number of halogens is 1. The van der Waals surface area contributed by atoms with Crippen molar-refractivity contribution in [2.75, 3.05) is 0 Å². The van der Waals surface area contributed by atoms with Crippen LogP contribution in [-0.4, -0.2) is 18.2 Å². The van der Waals surface area contributed by atoms with Crippen LogP contribution < -0.4 is 15.7 Å². The molecule has 2 bridgehead atoms. The highest BCUT2D eigenvalue weighted by Gasteiger charge is 2.34. The zero-order valence-electron chi connectivity index (χ0n) is 11.5. The van der Waals surface area contributed by atoms with Gasteiger partial charge in [0.05, 0.1) is 0 Å². The summed E-state index contributed by atoms with van der Waals surface area (Å²) >= 11 is 5.78. The second-order valence-electron chi connectivity index (χ2n) is 5.93. The molecule has 1 N–H and O–H groups in total. The third-order valence-corrected chi connectivity index (χ3v) is 4.66. The van der Waals surface area contributed by atoms with Crippen LogP contribution in [0.4, 0.5) is 0 Å². The van der Waals surface area contributed by atoms with Gasteiger partial charge in [-0.15, -0.1) is 0 Å². The van der Waals surface area contributed by atoms with Crippen molar-refractivity contribution in [3.63, 3.8) is 0 Å². The van der Waals surface area contributed by atoms with Crippen LogP contribution >= 0.6 is 11.6 Å². The predicted molar refractivity (Wildman–Crippen MR) is 81.1 cm³/mol. The maximum absolute atomic E-state index is 11.5. The molecule has 0 radical (unpaired) electrons. The standard InChI is InChI=1S/C16H16ClNO3/c17-14-5-9-1-4-12(8-15(9)21-16(14)19)20-13-6-10-2-3-11(7-13)18-10/h1,4-5,8,10-11,13,18H,2-3,6-7H2. The van der Waals surface area contributed by atoms with E-state index in [4.69, 9.17) is 20.8 Å². The first-order valence-corrected chi connectivity index (χ1v) is 7.71. The lowest BCUT2D eigenvalue weighted by molar-refractivity contribution is 0.137. The van der Waals surface area contributed by atoms with E-state index in [1.165, 1.54) is 12.8 Å². The molecule has 0 saturated carbocycles. The Labute approximate surface area is 127 Å². The van der Waals surface area contributed by atoms with Crippen molar-refractivity contribution < 1.29 is 9.15 Å². The number of rotatable bonds is 2. The summed E-state index contributed by atoms with van der Waals surface area (Å²) in [5.74, 6) is 0.749. The fourth-order valence-corrected chi connectivity index (χ4v) is 3.59. The lowest BCUT2D eigenvalue weighted by Crippen LogP contribution is -2.42. The Morgan fingerprint density at radius 3 is 2.71 bits per heavy atom. The van der Waals surface area contributed by atoms with Gasteiger partial charge in [-0.1, -0.05) is 11.6 Å². The number of piperidine rings is 1. The SMILES string of the molecule is O=c1oc2cc(OC3CC4CCC(C3)N4)ccc2cc1Cl. The quantitative estimate of drug-likeness (QED) is 0.866. The lowest BCUT2D eigenvalue weighted by atomic mass is 10.0. The van der Waals surface area contributed by atoms with Gasteiger partial charge in [0.25, 0.3) is 0 Å². The van der Waals surface area contributed by atoms with E-state index in [1.54, 1.807) is 12.1 Å². The zero-order valence-corrected chi connectivity index (χ0v) is 12.2. The van der Waals surface area contributed by atoms with Crippen molar-refractivity contribution in [1.82, 2.24) is 5.32 Å². The van der Waals surface area contributed by atoms with E-state index in [2.05, 4.69) is 5.32 Å². The van der Waals surface area contributed by atoms with Crippen molar-refractivity contribution in [2.45, 2.75) is 43.9 Å². The van der Waals surface area contributed by atoms with Gasteiger partial charge in [0.15, 0.2) is 0 Å². The Hall–Kier alpha value is -1.52. The molecule has 4 rings (SSSR count). The highest BCUT2D eigenvalue weighted by molar-refractivity contribution is 6.30. The fraction of sp³-hybridized carbons (Fsp3) is 0.438. The molecule has 2 aliphatic rings. The van der Waals surface area contributed by atoms with Gasteiger partial charge in [-0.2, -0.15) is 0 Å². The molecule has 0 amide bonds. The Balaban J connectivity index is 1.59. The molecule has 21 heavy (non-hydrogen) atoms. The summed E-state index contributed by atoms with van der Waals surface area (Å²) in [5.41, 5.74) is 0.0000314. The maximum atomic E-state index is 11.5. The topological polar surface area (TPSA) is 51.5 Å². The minimum atomic E-state index is -0.513. The van der Waals surface area contributed by atoms with Crippen LogP contribution in [0.2, 0.25) is 5.02 Å². The fourth-order valence-electron chi connectivity index (χ4n) is 3.43. The first kappa shape index (κ1) is 13.2. The molecule has 5 heteroatoms. The largest absolute Gasteiger partial charge is 0.490 e. The molecular weight excluding hydrogens is 290 g/mol. The molecule has 1 aromatic carbocycles. The molecule has 2 fully saturated rings. The predicted octanol–water partition coefficient (Wildman–Crippen LogP) is 3.11. The summed E-state index contributed by atoms with van der Waals surface area (Å²) < 4.78 is 11.3. The van der Waals surface area contributed by atoms with Crippen LogP contribution in [0.5, 0.6) is 5.75 Å². The maximum Gasteiger partial charge on any atom is 0.355 e. The van der Waals surface area contributed by atoms with E-state index in [9.17, 15) is 4.79 Å². The molecule has 3 heterocycles. The van der Waals surface area contributed by atoms with Crippen LogP contribution in [-0.2, 0) is 0 Å². The Morgan fingerprint density at radius 2 is 1.95 bits per heavy atom. The van der Waals surface area contributed by atoms with Gasteiger partial charge in [0.1, 0.15) is 22.5 Å². The van der Waals surface area contributed by atoms with Crippen molar-refractivity contribution in [3.8, 4) is 5.75 Å². The number of hydrogen-bond donors (Lipinski definition) is 1. The van der Waals surface area contributed by atoms with E-state index >= 15 is 0 Å². The second kappa shape index (κ2) is 5.04. The number of fused-ring (bicyclic) bond motifs is 3. The zero-order chi connectivity index (χ0) is 14.4. The minimum Gasteiger partial charge on any atom is -0.490 e. The van der Waals surface area contributed by atoms with Gasteiger partial charge in [-0.05, 0) is 43.9 Å². The molecule has 2 aliphatic heterocycles. The lowest BCUT2D eigenvalue weighted by Gasteiger charge is -2.29. The number of benzene rings is 1. The average Bonchev–Trinajstić information content (AvgIpc) is 2.80. The normalized spacial score (nSPS) is 28.0. The van der Waals surface area contributed by atoms with Crippen molar-refractivity contribution in [1.29, 1.82) is 0 Å². The summed E-state index contributed by atoms with van der Waals surface area (Å²) in [6.07, 6.45) is 4.81. The summed E-state index contributed by atoms with van der Waals surface area (Å²) in [5, 5.41) is 4.50. The van der Waals surface area contributed by atoms with Crippen LogP contribution in [0.1, 0.15) is 25.7 Å². The second-order valence-corrected chi connectivity index (χ2v) is 6.34. The third kappa shape index (κ3) is 2.54. The molecule has 2 unspecified atom stereocenters. The molecule has 2 atom stereocenters. The Kier molecular flexibility index (Phi) is 3.16. The molecule has 1 aromatic heterocycles. The van der Waals surface area contributed by atoms with Crippen LogP contribution in [0.3, 0.4) is 0 Å². The summed E-state index contributed by atoms with van der Waals surface area (Å²) in [7, 11) is 0. The molecule has 2 saturated heterocycles. The van der Waals surface area contributed by atoms with Crippen LogP contribution in [0.25, 0.3) is 11.0 Å². The van der Waals surface area contributed by atoms with E-state index in [-0.39, 0.29) is 11.1 Å². The Bertz CT molecular complexity index is 730. The smallest absolute Gasteiger partial charge is 0.355 e. The highest BCUT2D eigenvalue weighted by Crippen LogP contribution is 2.30. The van der Waals surface area contributed by atoms with Gasteiger partial charge >= 0.3 is 5.63 Å². The molecule has 0 aliphatic carbocycles. The van der Waals surface area contributed by atoms with Gasteiger partial charge in [-0.3, -0.25) is 0 Å². The highest BCUT2D eigenvalue weighted by atomic mass is 35.5. The number of nitrogens with one attached hydrogen (secondary N) is 1. The van der Waals surface area contributed by atoms with Crippen LogP contribution in [0.15, 0.2) is 33.5 Å². The average molecular weight is 306 g/mol. The third-order valence-electron chi connectivity index (χ3n) is 4.40. The minimum absolute atomic E-state index is 0.103. The van der Waals surface area contributed by atoms with Crippen molar-refractivity contribution in [2.24, 2.45) is 0 Å². The van der Waals surface area contributed by atoms with Gasteiger partial charge in [0, 0.05) is 23.5 Å². The molecule has 0 spiro atoms. The molecule has 4 nitrogen and oxygen atoms in total. The van der Waals surface area contributed by atoms with E-state index in [1.807, 2.05) is 12.1 Å². The van der Waals surface area contributed by atoms with Crippen molar-refractivity contribution in [3.05, 3.63) is 39.7 Å². The summed E-state index contributed by atoms with van der Waals surface area (Å²) in [6, 6.07) is 8.35. The Morgan fingerprint density at radius 1 is 1.19 bits per heavy atom. The van der Waals surface area contributed by atoms with Crippen LogP contribution in [0, 0.1) is 0 Å². The monoisotopic (exact) mass is 305 g/mol. The van der Waals surface area contributed by atoms with Crippen molar-refractivity contribution >= 4 is 22.6 Å². The summed E-state index contributed by atoms with van der Waals surface area (Å²) in [4.78, 5) is 11.5. The number of hydrogen-bond acceptors (Lipinski definition) is 4. The van der Waals surface area contributed by atoms with E-state index in [0.29, 0.717) is 17.7 Å². The van der Waals surface area contributed by atoms with E-state index < -0.39 is 5.63 Å². The first-order valence-electron chi connectivity index (χ1n) is 7.33. The molecule has 2 aromatic rings. The van der Waals surface area contributed by atoms with Gasteiger partial charge in [-0.25, -0.2) is 4.79 Å².